The molecule has 1 heterocycles. The Bertz CT molecular complexity index is 872. The van der Waals surface area contributed by atoms with Gasteiger partial charge in [0.2, 0.25) is 5.82 Å². The number of nitrogens with zero attached hydrogens (tertiary/aromatic N) is 3. The van der Waals surface area contributed by atoms with Gasteiger partial charge in [-0.1, -0.05) is 16.8 Å². The van der Waals surface area contributed by atoms with Gasteiger partial charge in [-0.2, -0.15) is 10.2 Å². The van der Waals surface area contributed by atoms with Gasteiger partial charge in [0.25, 0.3) is 5.89 Å². The van der Waals surface area contributed by atoms with Crippen LogP contribution in [0.1, 0.15) is 11.5 Å². The molecule has 0 N–H and O–H groups in total. The molecule has 0 aliphatic rings. The van der Waals surface area contributed by atoms with Gasteiger partial charge in [0.1, 0.15) is 11.6 Å². The molecule has 2 aromatic carbocycles. The van der Waals surface area contributed by atoms with Crippen LogP contribution in [0.3, 0.4) is 0 Å². The Morgan fingerprint density at radius 2 is 2.00 bits per heavy atom. The summed E-state index contributed by atoms with van der Waals surface area (Å²) in [4.78, 5) is 4.17. The minimum absolute atomic E-state index is 0.0276. The molecule has 0 atom stereocenters. The van der Waals surface area contributed by atoms with E-state index in [0.29, 0.717) is 27.7 Å². The van der Waals surface area contributed by atoms with E-state index in [1.54, 1.807) is 24.3 Å². The van der Waals surface area contributed by atoms with Crippen LogP contribution in [0.25, 0.3) is 11.4 Å². The van der Waals surface area contributed by atoms with E-state index in [2.05, 4.69) is 10.1 Å². The highest BCUT2D eigenvalue weighted by Gasteiger charge is 2.10. The van der Waals surface area contributed by atoms with E-state index in [1.807, 2.05) is 6.07 Å². The Labute approximate surface area is 135 Å². The third kappa shape index (κ3) is 3.47. The first-order chi connectivity index (χ1) is 11.2. The Kier molecular flexibility index (Phi) is 4.22. The number of rotatable bonds is 4. The first-order valence-corrected chi connectivity index (χ1v) is 6.94. The minimum atomic E-state index is -0.337. The van der Waals surface area contributed by atoms with Crippen LogP contribution in [-0.2, 0) is 6.61 Å². The fourth-order valence-corrected chi connectivity index (χ4v) is 2.09. The minimum Gasteiger partial charge on any atom is -0.482 e. The molecule has 0 aliphatic carbocycles. The number of aromatic nitrogens is 2. The van der Waals surface area contributed by atoms with Crippen molar-refractivity contribution in [3.63, 3.8) is 0 Å². The van der Waals surface area contributed by atoms with Gasteiger partial charge in [0, 0.05) is 5.56 Å². The fraction of sp³-hybridized carbons (Fsp3) is 0.0625. The molecule has 0 saturated heterocycles. The fourth-order valence-electron chi connectivity index (χ4n) is 1.86. The molecule has 1 aromatic heterocycles. The highest BCUT2D eigenvalue weighted by atomic mass is 35.5. The van der Waals surface area contributed by atoms with E-state index in [1.165, 1.54) is 18.2 Å². The summed E-state index contributed by atoms with van der Waals surface area (Å²) in [6.07, 6.45) is 0. The number of hydrogen-bond donors (Lipinski definition) is 0. The van der Waals surface area contributed by atoms with E-state index in [-0.39, 0.29) is 18.3 Å². The van der Waals surface area contributed by atoms with Crippen LogP contribution in [0, 0.1) is 17.1 Å². The molecule has 0 bridgehead atoms. The largest absolute Gasteiger partial charge is 0.482 e. The van der Waals surface area contributed by atoms with Gasteiger partial charge in [-0.25, -0.2) is 4.39 Å². The number of nitriles is 1. The van der Waals surface area contributed by atoms with Crippen molar-refractivity contribution in [2.75, 3.05) is 0 Å². The van der Waals surface area contributed by atoms with Crippen molar-refractivity contribution in [1.29, 1.82) is 5.26 Å². The maximum absolute atomic E-state index is 12.9. The lowest BCUT2D eigenvalue weighted by atomic mass is 10.2. The van der Waals surface area contributed by atoms with Crippen molar-refractivity contribution < 1.29 is 13.7 Å². The summed E-state index contributed by atoms with van der Waals surface area (Å²) in [5.74, 6) is 0.669. The maximum Gasteiger partial charge on any atom is 0.264 e. The second-order valence-electron chi connectivity index (χ2n) is 4.56. The van der Waals surface area contributed by atoms with Gasteiger partial charge in [-0.05, 0) is 42.5 Å². The van der Waals surface area contributed by atoms with Gasteiger partial charge in [-0.3, -0.25) is 0 Å². The summed E-state index contributed by atoms with van der Waals surface area (Å²) in [7, 11) is 0. The number of ether oxygens (including phenoxy) is 1. The number of halogens is 2. The van der Waals surface area contributed by atoms with Gasteiger partial charge < -0.3 is 9.26 Å². The summed E-state index contributed by atoms with van der Waals surface area (Å²) in [6, 6.07) is 12.4. The van der Waals surface area contributed by atoms with Crippen molar-refractivity contribution in [2.45, 2.75) is 6.61 Å². The first-order valence-electron chi connectivity index (χ1n) is 6.56. The molecule has 0 amide bonds. The molecule has 3 rings (SSSR count). The first kappa shape index (κ1) is 15.0. The van der Waals surface area contributed by atoms with Crippen molar-refractivity contribution >= 4 is 11.6 Å². The van der Waals surface area contributed by atoms with Crippen LogP contribution >= 0.6 is 11.6 Å². The summed E-state index contributed by atoms with van der Waals surface area (Å²) in [5.41, 5.74) is 1.08. The monoisotopic (exact) mass is 329 g/mol. The second kappa shape index (κ2) is 6.46. The molecular formula is C16H9ClFN3O2. The molecule has 114 valence electrons. The lowest BCUT2D eigenvalue weighted by molar-refractivity contribution is 0.243. The average molecular weight is 330 g/mol. The molecule has 0 fully saturated rings. The number of benzene rings is 2. The average Bonchev–Trinajstić information content (AvgIpc) is 3.03. The highest BCUT2D eigenvalue weighted by molar-refractivity contribution is 6.32. The third-order valence-electron chi connectivity index (χ3n) is 2.98. The zero-order valence-corrected chi connectivity index (χ0v) is 12.4. The van der Waals surface area contributed by atoms with E-state index in [9.17, 15) is 4.39 Å². The quantitative estimate of drug-likeness (QED) is 0.724. The molecular weight excluding hydrogens is 321 g/mol. The molecule has 0 unspecified atom stereocenters. The summed E-state index contributed by atoms with van der Waals surface area (Å²) >= 11 is 6.01. The van der Waals surface area contributed by atoms with Gasteiger partial charge in [-0.15, -0.1) is 0 Å². The van der Waals surface area contributed by atoms with Crippen LogP contribution in [-0.4, -0.2) is 10.1 Å². The third-order valence-corrected chi connectivity index (χ3v) is 3.28. The maximum atomic E-state index is 12.9. The van der Waals surface area contributed by atoms with Gasteiger partial charge in [0.15, 0.2) is 6.61 Å². The summed E-state index contributed by atoms with van der Waals surface area (Å²) in [6.45, 7) is 0.0276. The van der Waals surface area contributed by atoms with Gasteiger partial charge >= 0.3 is 0 Å². The van der Waals surface area contributed by atoms with Crippen molar-refractivity contribution in [3.05, 3.63) is 64.8 Å². The molecule has 3 aromatic rings. The van der Waals surface area contributed by atoms with Crippen molar-refractivity contribution in [3.8, 4) is 23.2 Å². The summed E-state index contributed by atoms with van der Waals surface area (Å²) in [5, 5.41) is 12.9. The molecule has 0 aliphatic heterocycles. The van der Waals surface area contributed by atoms with Crippen molar-refractivity contribution in [1.82, 2.24) is 10.1 Å². The van der Waals surface area contributed by atoms with E-state index in [0.717, 1.165) is 0 Å². The predicted octanol–water partition coefficient (Wildman–Crippen LogP) is 3.98. The normalized spacial score (nSPS) is 10.3. The van der Waals surface area contributed by atoms with Crippen molar-refractivity contribution in [2.24, 2.45) is 0 Å². The zero-order chi connectivity index (χ0) is 16.2. The van der Waals surface area contributed by atoms with Gasteiger partial charge in [0.05, 0.1) is 16.7 Å². The number of hydrogen-bond acceptors (Lipinski definition) is 5. The molecule has 7 heteroatoms. The Morgan fingerprint density at radius 1 is 1.22 bits per heavy atom. The molecule has 0 spiro atoms. The highest BCUT2D eigenvalue weighted by Crippen LogP contribution is 2.26. The molecule has 0 saturated carbocycles. The van der Waals surface area contributed by atoms with Crippen LogP contribution in [0.5, 0.6) is 5.75 Å². The summed E-state index contributed by atoms with van der Waals surface area (Å²) < 4.78 is 23.5. The topological polar surface area (TPSA) is 71.9 Å². The van der Waals surface area contributed by atoms with E-state index >= 15 is 0 Å². The zero-order valence-electron chi connectivity index (χ0n) is 11.7. The Balaban J connectivity index is 1.70. The SMILES string of the molecule is N#Cc1ccc(OCc2nc(-c3ccc(F)cc3)no2)c(Cl)c1. The second-order valence-corrected chi connectivity index (χ2v) is 4.97. The lowest BCUT2D eigenvalue weighted by Crippen LogP contribution is -1.96. The predicted molar refractivity (Wildman–Crippen MR) is 80.2 cm³/mol. The molecule has 23 heavy (non-hydrogen) atoms. The van der Waals surface area contributed by atoms with Crippen LogP contribution in [0.4, 0.5) is 4.39 Å². The van der Waals surface area contributed by atoms with Crippen LogP contribution < -0.4 is 4.74 Å². The molecule has 0 radical (unpaired) electrons. The van der Waals surface area contributed by atoms with E-state index < -0.39 is 0 Å². The lowest BCUT2D eigenvalue weighted by Gasteiger charge is -2.05. The smallest absolute Gasteiger partial charge is 0.264 e. The molecule has 5 nitrogen and oxygen atoms in total. The van der Waals surface area contributed by atoms with Crippen LogP contribution in [0.15, 0.2) is 47.0 Å². The Hall–Kier alpha value is -2.91. The van der Waals surface area contributed by atoms with Crippen LogP contribution in [0.2, 0.25) is 5.02 Å². The Morgan fingerprint density at radius 3 is 2.70 bits per heavy atom. The van der Waals surface area contributed by atoms with E-state index in [4.69, 9.17) is 26.1 Å². The standard InChI is InChI=1S/C16H9ClFN3O2/c17-13-7-10(8-19)1-6-14(13)22-9-15-20-16(21-23-15)11-2-4-12(18)5-3-11/h1-7H,9H2.